The Bertz CT molecular complexity index is 1030. The maximum Gasteiger partial charge on any atom is 0.335 e. The number of carbonyl (C=O) groups excluding carboxylic acids is 1. The zero-order chi connectivity index (χ0) is 19.0. The Hall–Kier alpha value is -2.99. The van der Waals surface area contributed by atoms with Gasteiger partial charge in [-0.15, -0.1) is 0 Å². The molecule has 2 heterocycles. The van der Waals surface area contributed by atoms with E-state index in [1.807, 2.05) is 12.1 Å². The number of furan rings is 1. The van der Waals surface area contributed by atoms with Crippen LogP contribution in [-0.2, 0) is 20.9 Å². The van der Waals surface area contributed by atoms with Crippen molar-refractivity contribution in [2.45, 2.75) is 25.7 Å². The van der Waals surface area contributed by atoms with E-state index in [-0.39, 0.29) is 18.3 Å². The summed E-state index contributed by atoms with van der Waals surface area (Å²) < 4.78 is 15.9. The number of nitrogens with zero attached hydrogens (tertiary/aromatic N) is 1. The molecule has 0 fully saturated rings. The number of aromatic hydroxyl groups is 1. The van der Waals surface area contributed by atoms with Gasteiger partial charge in [-0.1, -0.05) is 35.9 Å². The highest BCUT2D eigenvalue weighted by molar-refractivity contribution is 6.36. The number of fused-ring (bicyclic) bond motifs is 1. The lowest BCUT2D eigenvalue weighted by Crippen LogP contribution is -2.29. The van der Waals surface area contributed by atoms with E-state index in [0.29, 0.717) is 16.0 Å². The number of carbonyl (C=O) groups is 1. The molecule has 1 aliphatic heterocycles. The van der Waals surface area contributed by atoms with Crippen LogP contribution in [0, 0.1) is 0 Å². The summed E-state index contributed by atoms with van der Waals surface area (Å²) in [7, 11) is 0. The van der Waals surface area contributed by atoms with Crippen molar-refractivity contribution >= 4 is 34.2 Å². The number of benzene rings is 2. The Labute approximate surface area is 160 Å². The largest absolute Gasteiger partial charge is 0.506 e. The van der Waals surface area contributed by atoms with Gasteiger partial charge in [0.25, 0.3) is 0 Å². The van der Waals surface area contributed by atoms with Crippen molar-refractivity contribution in [3.8, 4) is 5.75 Å². The third-order valence-electron chi connectivity index (χ3n) is 4.40. The summed E-state index contributed by atoms with van der Waals surface area (Å²) >= 11 is 6.33. The number of hydrogen-bond donors (Lipinski definition) is 1. The fourth-order valence-corrected chi connectivity index (χ4v) is 3.25. The van der Waals surface area contributed by atoms with E-state index in [0.717, 1.165) is 10.9 Å². The minimum atomic E-state index is -0.823. The van der Waals surface area contributed by atoms with Crippen molar-refractivity contribution in [3.05, 3.63) is 65.1 Å². The molecule has 3 aromatic rings. The van der Waals surface area contributed by atoms with Crippen LogP contribution < -0.4 is 0 Å². The van der Waals surface area contributed by atoms with Gasteiger partial charge in [-0.3, -0.25) is 0 Å². The Morgan fingerprint density at radius 1 is 1.30 bits per heavy atom. The predicted octanol–water partition coefficient (Wildman–Crippen LogP) is 4.07. The smallest absolute Gasteiger partial charge is 0.335 e. The van der Waals surface area contributed by atoms with Gasteiger partial charge in [-0.2, -0.15) is 0 Å². The molecule has 2 atom stereocenters. The SMILES string of the molecule is C[C@@H]1OC(c2cc(Cl)c3ccccc3c2O)=N[C@@H]1C(=O)OCc1ccoc1. The van der Waals surface area contributed by atoms with E-state index in [1.165, 1.54) is 12.5 Å². The van der Waals surface area contributed by atoms with Crippen LogP contribution in [0.3, 0.4) is 0 Å². The molecule has 7 heteroatoms. The molecule has 0 saturated carbocycles. The lowest BCUT2D eigenvalue weighted by molar-refractivity contribution is -0.147. The van der Waals surface area contributed by atoms with Crippen molar-refractivity contribution in [2.24, 2.45) is 4.99 Å². The molecule has 0 aliphatic carbocycles. The highest BCUT2D eigenvalue weighted by Gasteiger charge is 2.36. The quantitative estimate of drug-likeness (QED) is 0.684. The molecule has 0 unspecified atom stereocenters. The molecule has 138 valence electrons. The first-order valence-corrected chi connectivity index (χ1v) is 8.75. The molecular formula is C20H16ClNO5. The summed E-state index contributed by atoms with van der Waals surface area (Å²) in [5.74, 6) is -0.337. The van der Waals surface area contributed by atoms with Gasteiger partial charge in [0, 0.05) is 21.4 Å². The van der Waals surface area contributed by atoms with Crippen LogP contribution in [0.15, 0.2) is 58.3 Å². The van der Waals surface area contributed by atoms with Crippen LogP contribution in [0.4, 0.5) is 0 Å². The second-order valence-electron chi connectivity index (χ2n) is 6.24. The first-order chi connectivity index (χ1) is 13.0. The molecule has 6 nitrogen and oxygen atoms in total. The van der Waals surface area contributed by atoms with Crippen molar-refractivity contribution in [1.29, 1.82) is 0 Å². The van der Waals surface area contributed by atoms with Crippen LogP contribution in [0.25, 0.3) is 10.8 Å². The molecule has 0 bridgehead atoms. The molecular weight excluding hydrogens is 370 g/mol. The monoisotopic (exact) mass is 385 g/mol. The first kappa shape index (κ1) is 17.4. The minimum absolute atomic E-state index is 0.00774. The van der Waals surface area contributed by atoms with Gasteiger partial charge < -0.3 is 19.0 Å². The van der Waals surface area contributed by atoms with Gasteiger partial charge in [-0.25, -0.2) is 9.79 Å². The Morgan fingerprint density at radius 3 is 2.81 bits per heavy atom. The lowest BCUT2D eigenvalue weighted by atomic mass is 10.1. The first-order valence-electron chi connectivity index (χ1n) is 8.37. The van der Waals surface area contributed by atoms with E-state index in [2.05, 4.69) is 4.99 Å². The second kappa shape index (κ2) is 6.96. The topological polar surface area (TPSA) is 81.3 Å². The summed E-state index contributed by atoms with van der Waals surface area (Å²) in [6.45, 7) is 1.82. The van der Waals surface area contributed by atoms with Gasteiger partial charge >= 0.3 is 5.97 Å². The molecule has 0 spiro atoms. The van der Waals surface area contributed by atoms with Crippen LogP contribution >= 0.6 is 11.6 Å². The number of hydrogen-bond acceptors (Lipinski definition) is 6. The highest BCUT2D eigenvalue weighted by Crippen LogP contribution is 2.36. The van der Waals surface area contributed by atoms with Crippen LogP contribution in [0.2, 0.25) is 5.02 Å². The molecule has 1 aliphatic rings. The van der Waals surface area contributed by atoms with Crippen molar-refractivity contribution in [1.82, 2.24) is 0 Å². The maximum atomic E-state index is 12.4. The number of esters is 1. The molecule has 2 aromatic carbocycles. The van der Waals surface area contributed by atoms with Gasteiger partial charge in [0.2, 0.25) is 5.90 Å². The van der Waals surface area contributed by atoms with E-state index < -0.39 is 18.1 Å². The third kappa shape index (κ3) is 3.24. The van der Waals surface area contributed by atoms with E-state index >= 15 is 0 Å². The fraction of sp³-hybridized carbons (Fsp3) is 0.200. The fourth-order valence-electron chi connectivity index (χ4n) is 2.97. The van der Waals surface area contributed by atoms with Crippen LogP contribution in [0.5, 0.6) is 5.75 Å². The van der Waals surface area contributed by atoms with E-state index in [1.54, 1.807) is 31.2 Å². The van der Waals surface area contributed by atoms with Crippen molar-refractivity contribution in [3.63, 3.8) is 0 Å². The molecule has 1 N–H and O–H groups in total. The summed E-state index contributed by atoms with van der Waals surface area (Å²) in [4.78, 5) is 16.7. The summed E-state index contributed by atoms with van der Waals surface area (Å²) in [6, 6.07) is 9.70. The van der Waals surface area contributed by atoms with Gasteiger partial charge in [0.1, 0.15) is 18.5 Å². The van der Waals surface area contributed by atoms with E-state index in [4.69, 9.17) is 25.5 Å². The zero-order valence-corrected chi connectivity index (χ0v) is 15.1. The number of halogens is 1. The minimum Gasteiger partial charge on any atom is -0.506 e. The predicted molar refractivity (Wildman–Crippen MR) is 100.0 cm³/mol. The average Bonchev–Trinajstić information content (AvgIpc) is 3.32. The van der Waals surface area contributed by atoms with Gasteiger partial charge in [0.15, 0.2) is 6.04 Å². The molecule has 4 rings (SSSR count). The number of rotatable bonds is 4. The molecule has 27 heavy (non-hydrogen) atoms. The number of phenols is 1. The number of phenolic OH excluding ortho intramolecular Hbond substituents is 1. The molecule has 0 radical (unpaired) electrons. The Kier molecular flexibility index (Phi) is 4.49. The summed E-state index contributed by atoms with van der Waals surface area (Å²) in [6.07, 6.45) is 2.49. The summed E-state index contributed by atoms with van der Waals surface area (Å²) in [5, 5.41) is 12.4. The number of ether oxygens (including phenoxy) is 2. The standard InChI is InChI=1S/C20H16ClNO5/c1-11-17(20(24)26-10-12-6-7-25-9-12)22-19(27-11)15-8-16(21)13-4-2-3-5-14(13)18(15)23/h2-9,11,17,23H,10H2,1H3/t11-,17-/m0/s1. The van der Waals surface area contributed by atoms with Gasteiger partial charge in [0.05, 0.1) is 18.1 Å². The Morgan fingerprint density at radius 2 is 2.07 bits per heavy atom. The normalized spacial score (nSPS) is 19.0. The maximum absolute atomic E-state index is 12.4. The zero-order valence-electron chi connectivity index (χ0n) is 14.4. The van der Waals surface area contributed by atoms with E-state index in [9.17, 15) is 9.90 Å². The molecule has 0 amide bonds. The summed E-state index contributed by atoms with van der Waals surface area (Å²) in [5.41, 5.74) is 1.09. The van der Waals surface area contributed by atoms with Gasteiger partial charge in [-0.05, 0) is 19.1 Å². The van der Waals surface area contributed by atoms with Crippen molar-refractivity contribution in [2.75, 3.05) is 0 Å². The van der Waals surface area contributed by atoms with Crippen molar-refractivity contribution < 1.29 is 23.8 Å². The highest BCUT2D eigenvalue weighted by atomic mass is 35.5. The second-order valence-corrected chi connectivity index (χ2v) is 6.65. The van der Waals surface area contributed by atoms with Crippen LogP contribution in [0.1, 0.15) is 18.1 Å². The van der Waals surface area contributed by atoms with Crippen LogP contribution in [-0.4, -0.2) is 29.1 Å². The molecule has 0 saturated heterocycles. The average molecular weight is 386 g/mol. The molecule has 1 aromatic heterocycles. The lowest BCUT2D eigenvalue weighted by Gasteiger charge is -2.12. The number of aliphatic imine (C=N–C) groups is 1. The third-order valence-corrected chi connectivity index (χ3v) is 4.71. The Balaban J connectivity index is 1.61.